The van der Waals surface area contributed by atoms with Crippen LogP contribution in [0.4, 0.5) is 27.4 Å². The van der Waals surface area contributed by atoms with Crippen LogP contribution < -0.4 is 21.0 Å². The minimum absolute atomic E-state index is 0.308. The van der Waals surface area contributed by atoms with E-state index in [1.807, 2.05) is 44.4 Å². The minimum Gasteiger partial charge on any atom is -0.378 e. The number of anilines is 4. The Kier molecular flexibility index (Phi) is 7.41. The number of nitrogens with one attached hydrogen (secondary N) is 1. The van der Waals surface area contributed by atoms with Gasteiger partial charge in [-0.05, 0) is 48.5 Å². The number of hydrazone groups is 1. The van der Waals surface area contributed by atoms with E-state index in [1.54, 1.807) is 34.4 Å². The van der Waals surface area contributed by atoms with Gasteiger partial charge in [-0.3, -0.25) is 0 Å². The first-order chi connectivity index (χ1) is 16.9. The summed E-state index contributed by atoms with van der Waals surface area (Å²) in [6.45, 7) is 6.51. The van der Waals surface area contributed by atoms with Crippen molar-refractivity contribution in [2.45, 2.75) is 0 Å². The molecular weight excluding hydrogens is 447 g/mol. The van der Waals surface area contributed by atoms with Crippen LogP contribution in [0.15, 0.2) is 72.6 Å². The van der Waals surface area contributed by atoms with E-state index in [-0.39, 0.29) is 5.82 Å². The molecule has 3 N–H and O–H groups in total. The highest BCUT2D eigenvalue weighted by Gasteiger charge is 2.14. The number of morpholine rings is 1. The zero-order valence-corrected chi connectivity index (χ0v) is 19.9. The fourth-order valence-electron chi connectivity index (χ4n) is 3.54. The second-order valence-corrected chi connectivity index (χ2v) is 8.11. The molecule has 10 heteroatoms. The molecular formula is C25H29FN8O. The summed E-state index contributed by atoms with van der Waals surface area (Å²) in [6.07, 6.45) is 3.23. The van der Waals surface area contributed by atoms with E-state index >= 15 is 0 Å². The van der Waals surface area contributed by atoms with E-state index in [4.69, 9.17) is 10.5 Å². The Morgan fingerprint density at radius 3 is 2.60 bits per heavy atom. The van der Waals surface area contributed by atoms with Crippen LogP contribution in [0.25, 0.3) is 11.3 Å². The van der Waals surface area contributed by atoms with Gasteiger partial charge in [0.2, 0.25) is 11.9 Å². The minimum atomic E-state index is -0.308. The van der Waals surface area contributed by atoms with Crippen LogP contribution in [0.3, 0.4) is 0 Å². The Morgan fingerprint density at radius 2 is 1.91 bits per heavy atom. The lowest BCUT2D eigenvalue weighted by Crippen LogP contribution is -2.36. The van der Waals surface area contributed by atoms with Crippen LogP contribution in [-0.2, 0) is 4.74 Å². The van der Waals surface area contributed by atoms with Gasteiger partial charge in [0.25, 0.3) is 0 Å². The van der Waals surface area contributed by atoms with E-state index < -0.39 is 0 Å². The molecule has 1 fully saturated rings. The molecule has 0 amide bonds. The summed E-state index contributed by atoms with van der Waals surface area (Å²) in [6, 6.07) is 14.2. The standard InChI is InChI=1S/C25H29FN8O/c1-4-34(31-24(27)32(2)3)21-7-5-20(6-8-21)29-25-28-10-9-23(30-25)18-15-19(26)17-22(16-18)33-11-13-35-14-12-33/h4-10,15-17H,1,11-14H2,2-3H3,(H2,27,31)(H,28,29,30). The normalized spacial score (nSPS) is 13.9. The Labute approximate surface area is 204 Å². The zero-order valence-electron chi connectivity index (χ0n) is 19.9. The van der Waals surface area contributed by atoms with Crippen molar-refractivity contribution in [2.75, 3.05) is 55.6 Å². The molecule has 0 spiro atoms. The summed E-state index contributed by atoms with van der Waals surface area (Å²) in [5.41, 5.74) is 9.61. The van der Waals surface area contributed by atoms with E-state index in [1.165, 1.54) is 6.07 Å². The molecule has 1 aromatic heterocycles. The number of hydrogen-bond donors (Lipinski definition) is 2. The van der Waals surface area contributed by atoms with E-state index in [0.717, 1.165) is 30.2 Å². The molecule has 35 heavy (non-hydrogen) atoms. The van der Waals surface area contributed by atoms with E-state index in [9.17, 15) is 4.39 Å². The third-order valence-electron chi connectivity index (χ3n) is 5.44. The van der Waals surface area contributed by atoms with Crippen molar-refractivity contribution in [3.05, 3.63) is 73.3 Å². The Hall–Kier alpha value is -4.18. The van der Waals surface area contributed by atoms with Gasteiger partial charge in [0, 0.05) is 56.5 Å². The first kappa shape index (κ1) is 24.0. The average molecular weight is 477 g/mol. The molecule has 0 saturated carbocycles. The molecule has 182 valence electrons. The molecule has 0 atom stereocenters. The van der Waals surface area contributed by atoms with Crippen molar-refractivity contribution in [3.63, 3.8) is 0 Å². The number of rotatable bonds is 7. The van der Waals surface area contributed by atoms with Crippen molar-refractivity contribution >= 4 is 29.0 Å². The third-order valence-corrected chi connectivity index (χ3v) is 5.44. The van der Waals surface area contributed by atoms with Gasteiger partial charge in [0.05, 0.1) is 24.6 Å². The van der Waals surface area contributed by atoms with Gasteiger partial charge in [-0.25, -0.2) is 19.4 Å². The van der Waals surface area contributed by atoms with Crippen molar-refractivity contribution in [1.29, 1.82) is 0 Å². The van der Waals surface area contributed by atoms with Crippen LogP contribution >= 0.6 is 0 Å². The van der Waals surface area contributed by atoms with Crippen LogP contribution in [0, 0.1) is 5.82 Å². The lowest BCUT2D eigenvalue weighted by atomic mass is 10.1. The molecule has 2 heterocycles. The second kappa shape index (κ2) is 10.8. The molecule has 1 aliphatic heterocycles. The molecule has 2 aromatic carbocycles. The maximum absolute atomic E-state index is 14.4. The molecule has 0 aliphatic carbocycles. The fourth-order valence-corrected chi connectivity index (χ4v) is 3.54. The molecule has 3 aromatic rings. The monoisotopic (exact) mass is 476 g/mol. The smallest absolute Gasteiger partial charge is 0.227 e. The Balaban J connectivity index is 1.52. The summed E-state index contributed by atoms with van der Waals surface area (Å²) < 4.78 is 19.8. The molecule has 0 bridgehead atoms. The molecule has 0 unspecified atom stereocenters. The highest BCUT2D eigenvalue weighted by atomic mass is 19.1. The Bertz CT molecular complexity index is 1190. The molecule has 0 radical (unpaired) electrons. The maximum atomic E-state index is 14.4. The number of benzene rings is 2. The number of ether oxygens (including phenoxy) is 1. The summed E-state index contributed by atoms with van der Waals surface area (Å²) in [7, 11) is 3.63. The van der Waals surface area contributed by atoms with Gasteiger partial charge in [0.1, 0.15) is 5.82 Å². The SMILES string of the molecule is C=CN(/N=C(\N)N(C)C)c1ccc(Nc2nccc(-c3cc(F)cc(N4CCOCC4)c3)n2)cc1. The number of nitrogens with two attached hydrogens (primary N) is 1. The van der Waals surface area contributed by atoms with Crippen LogP contribution in [0.1, 0.15) is 0 Å². The van der Waals surface area contributed by atoms with Gasteiger partial charge in [-0.1, -0.05) is 6.58 Å². The average Bonchev–Trinajstić information content (AvgIpc) is 2.88. The number of hydrogen-bond acceptors (Lipinski definition) is 7. The number of aromatic nitrogens is 2. The first-order valence-corrected chi connectivity index (χ1v) is 11.2. The molecule has 4 rings (SSSR count). The van der Waals surface area contributed by atoms with Gasteiger partial charge >= 0.3 is 0 Å². The first-order valence-electron chi connectivity index (χ1n) is 11.2. The number of guanidine groups is 1. The number of halogens is 1. The summed E-state index contributed by atoms with van der Waals surface area (Å²) in [5, 5.41) is 9.10. The molecule has 1 saturated heterocycles. The van der Waals surface area contributed by atoms with Crippen molar-refractivity contribution in [2.24, 2.45) is 10.8 Å². The topological polar surface area (TPSA) is 95.1 Å². The van der Waals surface area contributed by atoms with Crippen LogP contribution in [-0.4, -0.2) is 61.2 Å². The highest BCUT2D eigenvalue weighted by Crippen LogP contribution is 2.27. The quantitative estimate of drug-likeness (QED) is 0.303. The lowest BCUT2D eigenvalue weighted by Gasteiger charge is -2.29. The van der Waals surface area contributed by atoms with Crippen LogP contribution in [0.5, 0.6) is 0 Å². The third kappa shape index (κ3) is 6.04. The van der Waals surface area contributed by atoms with Gasteiger partial charge in [0.15, 0.2) is 0 Å². The predicted molar refractivity (Wildman–Crippen MR) is 138 cm³/mol. The summed E-state index contributed by atoms with van der Waals surface area (Å²) >= 11 is 0. The molecule has 1 aliphatic rings. The largest absolute Gasteiger partial charge is 0.378 e. The van der Waals surface area contributed by atoms with Crippen molar-refractivity contribution < 1.29 is 9.13 Å². The van der Waals surface area contributed by atoms with Gasteiger partial charge < -0.3 is 25.6 Å². The van der Waals surface area contributed by atoms with E-state index in [0.29, 0.717) is 36.4 Å². The van der Waals surface area contributed by atoms with Gasteiger partial charge in [-0.2, -0.15) is 0 Å². The Morgan fingerprint density at radius 1 is 1.17 bits per heavy atom. The van der Waals surface area contributed by atoms with Gasteiger partial charge in [-0.15, -0.1) is 5.10 Å². The van der Waals surface area contributed by atoms with E-state index in [2.05, 4.69) is 31.9 Å². The fraction of sp³-hybridized carbons (Fsp3) is 0.240. The van der Waals surface area contributed by atoms with Crippen LogP contribution in [0.2, 0.25) is 0 Å². The summed E-state index contributed by atoms with van der Waals surface area (Å²) in [4.78, 5) is 12.7. The lowest BCUT2D eigenvalue weighted by molar-refractivity contribution is 0.122. The maximum Gasteiger partial charge on any atom is 0.227 e. The zero-order chi connectivity index (χ0) is 24.8. The van der Waals surface area contributed by atoms with Crippen molar-refractivity contribution in [1.82, 2.24) is 14.9 Å². The highest BCUT2D eigenvalue weighted by molar-refractivity contribution is 5.79. The van der Waals surface area contributed by atoms with Crippen molar-refractivity contribution in [3.8, 4) is 11.3 Å². The summed E-state index contributed by atoms with van der Waals surface area (Å²) in [5.74, 6) is 0.450. The second-order valence-electron chi connectivity index (χ2n) is 8.11. The predicted octanol–water partition coefficient (Wildman–Crippen LogP) is 3.60. The molecule has 9 nitrogen and oxygen atoms in total. The number of nitrogens with zero attached hydrogens (tertiary/aromatic N) is 6.